The van der Waals surface area contributed by atoms with Crippen LogP contribution in [0.15, 0.2) is 0 Å². The molecule has 0 bridgehead atoms. The van der Waals surface area contributed by atoms with Crippen molar-refractivity contribution in [2.45, 2.75) is 44.2 Å². The van der Waals surface area contributed by atoms with Crippen molar-refractivity contribution in [1.82, 2.24) is 9.80 Å². The zero-order chi connectivity index (χ0) is 13.2. The number of aliphatic carboxylic acids is 1. The van der Waals surface area contributed by atoms with Gasteiger partial charge in [0.25, 0.3) is 0 Å². The number of carboxylic acids is 1. The summed E-state index contributed by atoms with van der Waals surface area (Å²) >= 11 is 0. The lowest BCUT2D eigenvalue weighted by molar-refractivity contribution is -0.158. The molecule has 2 N–H and O–H groups in total. The third kappa shape index (κ3) is 3.22. The van der Waals surface area contributed by atoms with E-state index in [1.807, 2.05) is 0 Å². The second-order valence-corrected chi connectivity index (χ2v) is 5.83. The standard InChI is InChI=1S/C13H24N2O3/c1-13(18,12(16)17)10-14-6-8-15(9-7-14)11-4-2-3-5-11/h11,18H,2-10H2,1H3,(H,16,17). The zero-order valence-electron chi connectivity index (χ0n) is 11.1. The van der Waals surface area contributed by atoms with Crippen molar-refractivity contribution in [2.75, 3.05) is 32.7 Å². The van der Waals surface area contributed by atoms with Gasteiger partial charge in [0.05, 0.1) is 0 Å². The van der Waals surface area contributed by atoms with E-state index in [2.05, 4.69) is 9.80 Å². The lowest BCUT2D eigenvalue weighted by Crippen LogP contribution is -2.55. The molecule has 2 aliphatic rings. The van der Waals surface area contributed by atoms with Crippen LogP contribution in [0.1, 0.15) is 32.6 Å². The summed E-state index contributed by atoms with van der Waals surface area (Å²) < 4.78 is 0. The lowest BCUT2D eigenvalue weighted by atomic mass is 10.1. The van der Waals surface area contributed by atoms with E-state index >= 15 is 0 Å². The highest BCUT2D eigenvalue weighted by atomic mass is 16.4. The van der Waals surface area contributed by atoms with Gasteiger partial charge in [-0.3, -0.25) is 9.80 Å². The Morgan fingerprint density at radius 2 is 1.78 bits per heavy atom. The fraction of sp³-hybridized carbons (Fsp3) is 0.923. The molecule has 18 heavy (non-hydrogen) atoms. The summed E-state index contributed by atoms with van der Waals surface area (Å²) in [4.78, 5) is 15.5. The smallest absolute Gasteiger partial charge is 0.336 e. The first-order valence-corrected chi connectivity index (χ1v) is 6.91. The first-order chi connectivity index (χ1) is 8.49. The van der Waals surface area contributed by atoms with Crippen molar-refractivity contribution in [3.63, 3.8) is 0 Å². The van der Waals surface area contributed by atoms with E-state index in [1.165, 1.54) is 32.6 Å². The zero-order valence-corrected chi connectivity index (χ0v) is 11.1. The average Bonchev–Trinajstić information content (AvgIpc) is 2.83. The average molecular weight is 256 g/mol. The van der Waals surface area contributed by atoms with Crippen LogP contribution in [0.25, 0.3) is 0 Å². The van der Waals surface area contributed by atoms with E-state index in [9.17, 15) is 9.90 Å². The van der Waals surface area contributed by atoms with Crippen molar-refractivity contribution in [2.24, 2.45) is 0 Å². The summed E-state index contributed by atoms with van der Waals surface area (Å²) in [6.45, 7) is 5.32. The molecule has 1 aliphatic heterocycles. The van der Waals surface area contributed by atoms with Crippen LogP contribution >= 0.6 is 0 Å². The number of aliphatic hydroxyl groups is 1. The van der Waals surface area contributed by atoms with E-state index in [0.717, 1.165) is 32.2 Å². The molecule has 104 valence electrons. The molecule has 1 aliphatic carbocycles. The van der Waals surface area contributed by atoms with E-state index in [1.54, 1.807) is 0 Å². The summed E-state index contributed by atoms with van der Waals surface area (Å²) in [6.07, 6.45) is 5.32. The summed E-state index contributed by atoms with van der Waals surface area (Å²) in [5.74, 6) is -1.14. The number of rotatable bonds is 4. The SMILES string of the molecule is CC(O)(CN1CCN(C2CCCC2)CC1)C(=O)O. The van der Waals surface area contributed by atoms with Crippen LogP contribution in [0.4, 0.5) is 0 Å². The van der Waals surface area contributed by atoms with Gasteiger partial charge >= 0.3 is 5.97 Å². The number of carbonyl (C=O) groups is 1. The van der Waals surface area contributed by atoms with Crippen molar-refractivity contribution in [3.05, 3.63) is 0 Å². The molecular formula is C13H24N2O3. The maximum absolute atomic E-state index is 10.9. The van der Waals surface area contributed by atoms with Crippen LogP contribution in [-0.2, 0) is 4.79 Å². The molecule has 1 heterocycles. The Morgan fingerprint density at radius 3 is 2.28 bits per heavy atom. The van der Waals surface area contributed by atoms with Crippen LogP contribution in [0, 0.1) is 0 Å². The Hall–Kier alpha value is -0.650. The molecule has 1 atom stereocenters. The van der Waals surface area contributed by atoms with Crippen LogP contribution < -0.4 is 0 Å². The molecule has 0 aromatic rings. The number of β-amino-alcohol motifs (C(OH)–C–C–N with tert-alkyl or cyclic N) is 1. The molecule has 5 heteroatoms. The Kier molecular flexibility index (Phi) is 4.25. The Bertz CT molecular complexity index is 293. The lowest BCUT2D eigenvalue weighted by Gasteiger charge is -2.39. The van der Waals surface area contributed by atoms with Crippen molar-refractivity contribution in [3.8, 4) is 0 Å². The molecule has 0 amide bonds. The summed E-state index contributed by atoms with van der Waals surface area (Å²) in [5.41, 5.74) is -1.63. The number of hydrogen-bond acceptors (Lipinski definition) is 4. The predicted molar refractivity (Wildman–Crippen MR) is 68.5 cm³/mol. The molecule has 0 spiro atoms. The fourth-order valence-electron chi connectivity index (χ4n) is 3.06. The molecular weight excluding hydrogens is 232 g/mol. The predicted octanol–water partition coefficient (Wildman–Crippen LogP) is 0.382. The molecule has 2 rings (SSSR count). The van der Waals surface area contributed by atoms with Gasteiger partial charge in [-0.2, -0.15) is 0 Å². The molecule has 0 aromatic carbocycles. The molecule has 1 saturated heterocycles. The molecule has 0 radical (unpaired) electrons. The summed E-state index contributed by atoms with van der Waals surface area (Å²) in [5, 5.41) is 18.7. The largest absolute Gasteiger partial charge is 0.479 e. The van der Waals surface area contributed by atoms with Gasteiger partial charge in [-0.1, -0.05) is 12.8 Å². The highest BCUT2D eigenvalue weighted by Gasteiger charge is 2.34. The maximum Gasteiger partial charge on any atom is 0.336 e. The van der Waals surface area contributed by atoms with Gasteiger partial charge in [0.15, 0.2) is 5.60 Å². The third-order valence-electron chi connectivity index (χ3n) is 4.24. The highest BCUT2D eigenvalue weighted by Crippen LogP contribution is 2.24. The van der Waals surface area contributed by atoms with Crippen molar-refractivity contribution >= 4 is 5.97 Å². The van der Waals surface area contributed by atoms with Crippen molar-refractivity contribution in [1.29, 1.82) is 0 Å². The second-order valence-electron chi connectivity index (χ2n) is 5.83. The first kappa shape index (κ1) is 13.8. The number of hydrogen-bond donors (Lipinski definition) is 2. The normalized spacial score (nSPS) is 27.2. The van der Waals surface area contributed by atoms with Gasteiger partial charge in [-0.15, -0.1) is 0 Å². The molecule has 2 fully saturated rings. The minimum absolute atomic E-state index is 0.223. The Balaban J connectivity index is 1.78. The fourth-order valence-corrected chi connectivity index (χ4v) is 3.06. The summed E-state index contributed by atoms with van der Waals surface area (Å²) in [6, 6.07) is 0.743. The molecule has 1 unspecified atom stereocenters. The van der Waals surface area contributed by atoms with E-state index in [0.29, 0.717) is 0 Å². The summed E-state index contributed by atoms with van der Waals surface area (Å²) in [7, 11) is 0. The van der Waals surface area contributed by atoms with Gasteiger partial charge in [0.1, 0.15) is 0 Å². The van der Waals surface area contributed by atoms with Crippen molar-refractivity contribution < 1.29 is 15.0 Å². The second kappa shape index (κ2) is 5.55. The minimum atomic E-state index is -1.63. The van der Waals surface area contributed by atoms with Crippen LogP contribution in [0.2, 0.25) is 0 Å². The molecule has 0 aromatic heterocycles. The van der Waals surface area contributed by atoms with Gasteiger partial charge in [-0.25, -0.2) is 4.79 Å². The van der Waals surface area contributed by atoms with E-state index in [-0.39, 0.29) is 6.54 Å². The monoisotopic (exact) mass is 256 g/mol. The van der Waals surface area contributed by atoms with Gasteiger partial charge in [0, 0.05) is 38.8 Å². The van der Waals surface area contributed by atoms with Crippen LogP contribution in [0.3, 0.4) is 0 Å². The van der Waals surface area contributed by atoms with Gasteiger partial charge in [0.2, 0.25) is 0 Å². The molecule has 5 nitrogen and oxygen atoms in total. The van der Waals surface area contributed by atoms with Crippen LogP contribution in [0.5, 0.6) is 0 Å². The number of carboxylic acid groups (broad SMARTS) is 1. The van der Waals surface area contributed by atoms with Gasteiger partial charge in [-0.05, 0) is 19.8 Å². The highest BCUT2D eigenvalue weighted by molar-refractivity contribution is 5.76. The maximum atomic E-state index is 10.9. The molecule has 1 saturated carbocycles. The minimum Gasteiger partial charge on any atom is -0.479 e. The quantitative estimate of drug-likeness (QED) is 0.761. The number of piperazine rings is 1. The van der Waals surface area contributed by atoms with E-state index < -0.39 is 11.6 Å². The van der Waals surface area contributed by atoms with E-state index in [4.69, 9.17) is 5.11 Å². The number of nitrogens with zero attached hydrogens (tertiary/aromatic N) is 2. The Morgan fingerprint density at radius 1 is 1.22 bits per heavy atom. The van der Waals surface area contributed by atoms with Crippen LogP contribution in [-0.4, -0.2) is 70.3 Å². The third-order valence-corrected chi connectivity index (χ3v) is 4.24. The van der Waals surface area contributed by atoms with Gasteiger partial charge < -0.3 is 10.2 Å². The topological polar surface area (TPSA) is 64.0 Å². The first-order valence-electron chi connectivity index (χ1n) is 6.91. The Labute approximate surface area is 108 Å².